The van der Waals surface area contributed by atoms with Crippen LogP contribution in [0.3, 0.4) is 0 Å². The number of hydrogen-bond acceptors (Lipinski definition) is 2. The fourth-order valence-corrected chi connectivity index (χ4v) is 7.50. The van der Waals surface area contributed by atoms with Gasteiger partial charge in [0.1, 0.15) is 11.2 Å². The first-order valence-electron chi connectivity index (χ1n) is 17.0. The average molecular weight is 639 g/mol. The summed E-state index contributed by atoms with van der Waals surface area (Å²) in [5, 5.41) is 4.60. The van der Waals surface area contributed by atoms with Crippen molar-refractivity contribution in [2.24, 2.45) is 0 Å². The van der Waals surface area contributed by atoms with Crippen LogP contribution in [0.25, 0.3) is 94.1 Å². The van der Waals surface area contributed by atoms with Crippen LogP contribution in [0.15, 0.2) is 187 Å². The molecule has 0 N–H and O–H groups in total. The molecule has 0 spiro atoms. The topological polar surface area (TPSA) is 31.0 Å². The normalized spacial score (nSPS) is 11.6. The Bertz CT molecular complexity index is 2850. The van der Waals surface area contributed by atoms with Gasteiger partial charge >= 0.3 is 0 Å². The van der Waals surface area contributed by atoms with Crippen molar-refractivity contribution in [2.75, 3.05) is 0 Å². The van der Waals surface area contributed by atoms with Crippen LogP contribution in [0, 0.1) is 0 Å². The molecule has 10 rings (SSSR count). The van der Waals surface area contributed by atoms with Gasteiger partial charge < -0.3 is 8.98 Å². The number of furan rings is 1. The van der Waals surface area contributed by atoms with E-state index in [1.54, 1.807) is 0 Å². The van der Waals surface area contributed by atoms with Gasteiger partial charge in [0.15, 0.2) is 0 Å². The van der Waals surface area contributed by atoms with E-state index in [1.165, 1.54) is 21.9 Å². The molecular formula is C47H30N2O. The van der Waals surface area contributed by atoms with Gasteiger partial charge in [-0.15, -0.1) is 0 Å². The summed E-state index contributed by atoms with van der Waals surface area (Å²) in [5.41, 5.74) is 14.0. The number of aromatic nitrogens is 2. The second kappa shape index (κ2) is 11.5. The Morgan fingerprint density at radius 2 is 0.980 bits per heavy atom. The summed E-state index contributed by atoms with van der Waals surface area (Å²) < 4.78 is 8.81. The van der Waals surface area contributed by atoms with Crippen molar-refractivity contribution >= 4 is 43.7 Å². The van der Waals surface area contributed by atoms with E-state index < -0.39 is 0 Å². The molecule has 0 amide bonds. The Hall–Kier alpha value is -6.71. The van der Waals surface area contributed by atoms with Gasteiger partial charge in [0.05, 0.1) is 27.8 Å². The van der Waals surface area contributed by atoms with Crippen molar-refractivity contribution in [1.82, 2.24) is 9.55 Å². The minimum atomic E-state index is 0.874. The Kier molecular flexibility index (Phi) is 6.49. The van der Waals surface area contributed by atoms with Crippen LogP contribution < -0.4 is 0 Å². The van der Waals surface area contributed by atoms with E-state index in [2.05, 4.69) is 162 Å². The van der Waals surface area contributed by atoms with Gasteiger partial charge in [-0.3, -0.25) is 4.98 Å². The summed E-state index contributed by atoms with van der Waals surface area (Å²) in [7, 11) is 0. The Morgan fingerprint density at radius 3 is 1.70 bits per heavy atom. The first kappa shape index (κ1) is 28.3. The number of nitrogens with zero attached hydrogens (tertiary/aromatic N) is 2. The van der Waals surface area contributed by atoms with Crippen molar-refractivity contribution < 1.29 is 4.42 Å². The van der Waals surface area contributed by atoms with Crippen LogP contribution in [0.1, 0.15) is 0 Å². The van der Waals surface area contributed by atoms with Gasteiger partial charge in [-0.05, 0) is 58.7 Å². The van der Waals surface area contributed by atoms with Crippen molar-refractivity contribution in [3.8, 4) is 50.3 Å². The predicted molar refractivity (Wildman–Crippen MR) is 208 cm³/mol. The van der Waals surface area contributed by atoms with E-state index >= 15 is 0 Å². The minimum absolute atomic E-state index is 0.874. The maximum absolute atomic E-state index is 6.39. The summed E-state index contributed by atoms with van der Waals surface area (Å²) in [6.07, 6.45) is 2.00. The molecule has 0 aliphatic carbocycles. The van der Waals surface area contributed by atoms with E-state index in [4.69, 9.17) is 9.40 Å². The van der Waals surface area contributed by atoms with E-state index in [0.29, 0.717) is 0 Å². The fraction of sp³-hybridized carbons (Fsp3) is 0. The lowest BCUT2D eigenvalue weighted by Crippen LogP contribution is -1.96. The molecule has 10 aromatic rings. The van der Waals surface area contributed by atoms with Crippen molar-refractivity contribution in [2.45, 2.75) is 0 Å². The molecule has 0 aliphatic rings. The highest BCUT2D eigenvalue weighted by atomic mass is 16.3. The van der Waals surface area contributed by atoms with Crippen LogP contribution in [0.5, 0.6) is 0 Å². The molecule has 3 aromatic heterocycles. The number of benzene rings is 7. The third kappa shape index (κ3) is 4.56. The number of hydrogen-bond donors (Lipinski definition) is 0. The maximum Gasteiger partial charge on any atom is 0.137 e. The molecule has 0 saturated carbocycles. The Labute approximate surface area is 289 Å². The van der Waals surface area contributed by atoms with E-state index in [1.807, 2.05) is 24.4 Å². The number of para-hydroxylation sites is 1. The van der Waals surface area contributed by atoms with Crippen molar-refractivity contribution in [1.29, 1.82) is 0 Å². The van der Waals surface area contributed by atoms with Gasteiger partial charge in [0.25, 0.3) is 0 Å². The summed E-state index contributed by atoms with van der Waals surface area (Å²) >= 11 is 0. The molecule has 3 heteroatoms. The Balaban J connectivity index is 1.27. The lowest BCUT2D eigenvalue weighted by molar-refractivity contribution is 0.669. The summed E-state index contributed by atoms with van der Waals surface area (Å²) in [5.74, 6) is 0. The molecule has 3 heterocycles. The van der Waals surface area contributed by atoms with Gasteiger partial charge in [-0.2, -0.15) is 0 Å². The highest BCUT2D eigenvalue weighted by Crippen LogP contribution is 2.42. The molecule has 0 radical (unpaired) electrons. The number of pyridine rings is 1. The number of fused-ring (bicyclic) bond motifs is 6. The highest BCUT2D eigenvalue weighted by Gasteiger charge is 2.20. The molecule has 234 valence electrons. The predicted octanol–water partition coefficient (Wildman–Crippen LogP) is 12.7. The zero-order valence-corrected chi connectivity index (χ0v) is 27.1. The molecule has 0 bridgehead atoms. The Morgan fingerprint density at radius 1 is 0.400 bits per heavy atom. The smallest absolute Gasteiger partial charge is 0.137 e. The van der Waals surface area contributed by atoms with Crippen LogP contribution in [0.4, 0.5) is 0 Å². The third-order valence-corrected chi connectivity index (χ3v) is 9.85. The quantitative estimate of drug-likeness (QED) is 0.188. The van der Waals surface area contributed by atoms with Crippen molar-refractivity contribution in [3.05, 3.63) is 182 Å². The van der Waals surface area contributed by atoms with Gasteiger partial charge in [-0.1, -0.05) is 140 Å². The first-order valence-corrected chi connectivity index (χ1v) is 17.0. The molecule has 3 nitrogen and oxygen atoms in total. The van der Waals surface area contributed by atoms with Gasteiger partial charge in [0.2, 0.25) is 0 Å². The average Bonchev–Trinajstić information content (AvgIpc) is 3.74. The molecule has 0 atom stereocenters. The largest absolute Gasteiger partial charge is 0.456 e. The monoisotopic (exact) mass is 638 g/mol. The second-order valence-electron chi connectivity index (χ2n) is 12.8. The highest BCUT2D eigenvalue weighted by molar-refractivity contribution is 6.15. The third-order valence-electron chi connectivity index (χ3n) is 9.85. The lowest BCUT2D eigenvalue weighted by atomic mass is 9.95. The van der Waals surface area contributed by atoms with Crippen LogP contribution >= 0.6 is 0 Å². The van der Waals surface area contributed by atoms with Crippen LogP contribution in [-0.2, 0) is 0 Å². The molecule has 0 fully saturated rings. The lowest BCUT2D eigenvalue weighted by Gasteiger charge is -2.14. The first-order chi connectivity index (χ1) is 24.8. The number of rotatable bonds is 5. The molecule has 0 saturated heterocycles. The molecule has 0 aliphatic heterocycles. The van der Waals surface area contributed by atoms with Crippen molar-refractivity contribution in [3.63, 3.8) is 0 Å². The van der Waals surface area contributed by atoms with Crippen LogP contribution in [0.2, 0.25) is 0 Å². The summed E-state index contributed by atoms with van der Waals surface area (Å²) in [6.45, 7) is 0. The molecule has 0 unspecified atom stereocenters. The van der Waals surface area contributed by atoms with Gasteiger partial charge in [-0.25, -0.2) is 0 Å². The summed E-state index contributed by atoms with van der Waals surface area (Å²) in [4.78, 5) is 5.18. The van der Waals surface area contributed by atoms with Gasteiger partial charge in [0, 0.05) is 39.0 Å². The SMILES string of the molecule is c1ccc(-c2cnc(-c3ccc4c5ccc(-c6ccccc6)cc5n(-c5cccc6oc7ccccc7c56)c4c3)c(-c3ccccc3)c2)cc1. The second-order valence-corrected chi connectivity index (χ2v) is 12.8. The maximum atomic E-state index is 6.39. The zero-order chi connectivity index (χ0) is 33.0. The van der Waals surface area contributed by atoms with E-state index in [9.17, 15) is 0 Å². The van der Waals surface area contributed by atoms with E-state index in [-0.39, 0.29) is 0 Å². The fourth-order valence-electron chi connectivity index (χ4n) is 7.50. The molecule has 7 aromatic carbocycles. The zero-order valence-electron chi connectivity index (χ0n) is 27.1. The molecular weight excluding hydrogens is 609 g/mol. The minimum Gasteiger partial charge on any atom is -0.456 e. The summed E-state index contributed by atoms with van der Waals surface area (Å²) in [6, 6.07) is 62.3. The van der Waals surface area contributed by atoms with Crippen LogP contribution in [-0.4, -0.2) is 9.55 Å². The standard InChI is InChI=1S/C47H30N2O/c1-4-13-31(14-5-1)34-23-25-37-38-26-24-35(47-40(33-17-8-3-9-18-33)27-36(30-48-47)32-15-6-2-7-16-32)29-43(38)49(42(37)28-34)41-20-12-22-45-46(41)39-19-10-11-21-44(39)50-45/h1-30H. The van der Waals surface area contributed by atoms with E-state index in [0.717, 1.165) is 72.2 Å². The molecule has 50 heavy (non-hydrogen) atoms.